The zero-order chi connectivity index (χ0) is 8.60. The Hall–Kier alpha value is -0.740. The van der Waals surface area contributed by atoms with E-state index >= 15 is 0 Å². The Kier molecular flexibility index (Phi) is 1.73. The van der Waals surface area contributed by atoms with E-state index in [1.54, 1.807) is 6.20 Å². The van der Waals surface area contributed by atoms with Gasteiger partial charge in [-0.2, -0.15) is 0 Å². The van der Waals surface area contributed by atoms with E-state index in [-0.39, 0.29) is 5.78 Å². The monoisotopic (exact) mass is 182 g/mol. The van der Waals surface area contributed by atoms with Crippen LogP contribution in [0.25, 0.3) is 0 Å². The molecule has 0 amide bonds. The topological polar surface area (TPSA) is 56.0 Å². The van der Waals surface area contributed by atoms with Gasteiger partial charge < -0.3 is 5.73 Å². The SMILES string of the molecule is NC1(C(=O)Cc2nccs2)CC1. The second-order valence-corrected chi connectivity index (χ2v) is 4.16. The molecule has 0 saturated heterocycles. The fourth-order valence-corrected chi connectivity index (χ4v) is 1.68. The van der Waals surface area contributed by atoms with Crippen molar-refractivity contribution < 1.29 is 4.79 Å². The summed E-state index contributed by atoms with van der Waals surface area (Å²) in [6.07, 6.45) is 3.81. The van der Waals surface area contributed by atoms with Crippen LogP contribution in [0, 0.1) is 0 Å². The van der Waals surface area contributed by atoms with Crippen LogP contribution in [0.15, 0.2) is 11.6 Å². The zero-order valence-electron chi connectivity index (χ0n) is 6.62. The highest BCUT2D eigenvalue weighted by Crippen LogP contribution is 2.34. The molecule has 1 aliphatic carbocycles. The van der Waals surface area contributed by atoms with Crippen molar-refractivity contribution in [3.8, 4) is 0 Å². The van der Waals surface area contributed by atoms with Crippen LogP contribution < -0.4 is 5.73 Å². The number of hydrogen-bond donors (Lipinski definition) is 1. The molecule has 2 rings (SSSR count). The van der Waals surface area contributed by atoms with E-state index < -0.39 is 5.54 Å². The molecule has 1 aliphatic rings. The summed E-state index contributed by atoms with van der Waals surface area (Å²) in [4.78, 5) is 15.5. The Morgan fingerprint density at radius 1 is 1.75 bits per heavy atom. The Labute approximate surface area is 74.6 Å². The summed E-state index contributed by atoms with van der Waals surface area (Å²) in [7, 11) is 0. The van der Waals surface area contributed by atoms with E-state index in [1.165, 1.54) is 11.3 Å². The standard InChI is InChI=1S/C8H10N2OS/c9-8(1-2-8)6(11)5-7-10-3-4-12-7/h3-4H,1-2,5,9H2. The smallest absolute Gasteiger partial charge is 0.159 e. The van der Waals surface area contributed by atoms with Crippen molar-refractivity contribution in [1.82, 2.24) is 4.98 Å². The summed E-state index contributed by atoms with van der Waals surface area (Å²) in [5.41, 5.74) is 5.24. The highest BCUT2D eigenvalue weighted by Gasteiger charge is 2.45. The number of Topliss-reactive ketones (excluding diaryl/α,β-unsaturated/α-hetero) is 1. The Bertz CT molecular complexity index is 290. The second-order valence-electron chi connectivity index (χ2n) is 3.18. The third kappa shape index (κ3) is 1.40. The number of nitrogens with two attached hydrogens (primary N) is 1. The molecule has 1 aromatic rings. The number of thiazole rings is 1. The number of nitrogens with zero attached hydrogens (tertiary/aromatic N) is 1. The first-order chi connectivity index (χ1) is 5.71. The Balaban J connectivity index is 2.00. The molecule has 0 atom stereocenters. The molecule has 4 heteroatoms. The maximum atomic E-state index is 11.4. The van der Waals surface area contributed by atoms with Crippen LogP contribution in [0.3, 0.4) is 0 Å². The molecule has 12 heavy (non-hydrogen) atoms. The highest BCUT2D eigenvalue weighted by atomic mass is 32.1. The summed E-state index contributed by atoms with van der Waals surface area (Å²) in [6, 6.07) is 0. The molecule has 0 aliphatic heterocycles. The minimum Gasteiger partial charge on any atom is -0.319 e. The predicted octanol–water partition coefficient (Wildman–Crippen LogP) is 0.746. The normalized spacial score (nSPS) is 19.1. The summed E-state index contributed by atoms with van der Waals surface area (Å²) in [5.74, 6) is 0.137. The maximum Gasteiger partial charge on any atom is 0.159 e. The van der Waals surface area contributed by atoms with Crippen molar-refractivity contribution in [2.75, 3.05) is 0 Å². The van der Waals surface area contributed by atoms with Gasteiger partial charge >= 0.3 is 0 Å². The minimum absolute atomic E-state index is 0.137. The summed E-state index contributed by atoms with van der Waals surface area (Å²) in [5, 5.41) is 2.75. The molecule has 64 valence electrons. The molecular formula is C8H10N2OS. The first-order valence-electron chi connectivity index (χ1n) is 3.91. The van der Waals surface area contributed by atoms with Crippen molar-refractivity contribution in [1.29, 1.82) is 0 Å². The number of hydrogen-bond acceptors (Lipinski definition) is 4. The highest BCUT2D eigenvalue weighted by molar-refractivity contribution is 7.09. The van der Waals surface area contributed by atoms with Crippen LogP contribution in [-0.2, 0) is 11.2 Å². The van der Waals surface area contributed by atoms with Crippen molar-refractivity contribution in [2.45, 2.75) is 24.8 Å². The molecule has 0 bridgehead atoms. The van der Waals surface area contributed by atoms with Crippen molar-refractivity contribution in [2.24, 2.45) is 5.73 Å². The van der Waals surface area contributed by atoms with E-state index in [2.05, 4.69) is 4.98 Å². The molecule has 3 nitrogen and oxygen atoms in total. The van der Waals surface area contributed by atoms with Gasteiger partial charge in [-0.3, -0.25) is 4.79 Å². The first kappa shape index (κ1) is 7.89. The van der Waals surface area contributed by atoms with Gasteiger partial charge in [-0.25, -0.2) is 4.98 Å². The number of ketones is 1. The van der Waals surface area contributed by atoms with E-state index in [1.807, 2.05) is 5.38 Å². The largest absolute Gasteiger partial charge is 0.319 e. The lowest BCUT2D eigenvalue weighted by atomic mass is 10.1. The predicted molar refractivity (Wildman–Crippen MR) is 47.0 cm³/mol. The van der Waals surface area contributed by atoms with Gasteiger partial charge in [0.15, 0.2) is 5.78 Å². The average Bonchev–Trinajstić information content (AvgIpc) is 2.63. The van der Waals surface area contributed by atoms with Crippen LogP contribution in [0.5, 0.6) is 0 Å². The quantitative estimate of drug-likeness (QED) is 0.750. The molecule has 1 saturated carbocycles. The molecule has 1 aromatic heterocycles. The van der Waals surface area contributed by atoms with Crippen LogP contribution in [0.2, 0.25) is 0 Å². The zero-order valence-corrected chi connectivity index (χ0v) is 7.43. The third-order valence-corrected chi connectivity index (χ3v) is 2.92. The first-order valence-corrected chi connectivity index (χ1v) is 4.79. The van der Waals surface area contributed by atoms with Gasteiger partial charge in [-0.15, -0.1) is 11.3 Å². The Morgan fingerprint density at radius 2 is 2.50 bits per heavy atom. The fourth-order valence-electron chi connectivity index (χ4n) is 1.07. The molecular weight excluding hydrogens is 172 g/mol. The van der Waals surface area contributed by atoms with Gasteiger partial charge in [-0.05, 0) is 12.8 Å². The molecule has 1 heterocycles. The second kappa shape index (κ2) is 2.64. The fraction of sp³-hybridized carbons (Fsp3) is 0.500. The van der Waals surface area contributed by atoms with Crippen LogP contribution in [-0.4, -0.2) is 16.3 Å². The molecule has 1 fully saturated rings. The van der Waals surface area contributed by atoms with Gasteiger partial charge in [0.1, 0.15) is 0 Å². The van der Waals surface area contributed by atoms with Gasteiger partial charge in [0.2, 0.25) is 0 Å². The molecule has 2 N–H and O–H groups in total. The number of rotatable bonds is 3. The van der Waals surface area contributed by atoms with Gasteiger partial charge in [0.25, 0.3) is 0 Å². The molecule has 0 unspecified atom stereocenters. The van der Waals surface area contributed by atoms with Crippen molar-refractivity contribution >= 4 is 17.1 Å². The molecule has 0 radical (unpaired) electrons. The van der Waals surface area contributed by atoms with Crippen LogP contribution in [0.4, 0.5) is 0 Å². The van der Waals surface area contributed by atoms with Crippen molar-refractivity contribution in [3.63, 3.8) is 0 Å². The molecule has 0 spiro atoms. The lowest BCUT2D eigenvalue weighted by Crippen LogP contribution is -2.33. The Morgan fingerprint density at radius 3 is 3.00 bits per heavy atom. The van der Waals surface area contributed by atoms with E-state index in [0.717, 1.165) is 17.8 Å². The van der Waals surface area contributed by atoms with E-state index in [9.17, 15) is 4.79 Å². The van der Waals surface area contributed by atoms with E-state index in [4.69, 9.17) is 5.73 Å². The number of carbonyl (C=O) groups is 1. The van der Waals surface area contributed by atoms with E-state index in [0.29, 0.717) is 6.42 Å². The summed E-state index contributed by atoms with van der Waals surface area (Å²) >= 11 is 1.51. The summed E-state index contributed by atoms with van der Waals surface area (Å²) in [6.45, 7) is 0. The third-order valence-electron chi connectivity index (χ3n) is 2.14. The lowest BCUT2D eigenvalue weighted by Gasteiger charge is -2.03. The minimum atomic E-state index is -0.494. The van der Waals surface area contributed by atoms with Crippen LogP contribution in [0.1, 0.15) is 17.8 Å². The van der Waals surface area contributed by atoms with Gasteiger partial charge in [0.05, 0.1) is 17.0 Å². The maximum absolute atomic E-state index is 11.4. The van der Waals surface area contributed by atoms with Crippen LogP contribution >= 0.6 is 11.3 Å². The number of aromatic nitrogens is 1. The number of carbonyl (C=O) groups excluding carboxylic acids is 1. The van der Waals surface area contributed by atoms with Gasteiger partial charge in [0, 0.05) is 11.6 Å². The van der Waals surface area contributed by atoms with Crippen molar-refractivity contribution in [3.05, 3.63) is 16.6 Å². The lowest BCUT2D eigenvalue weighted by molar-refractivity contribution is -0.120. The average molecular weight is 182 g/mol. The van der Waals surface area contributed by atoms with Gasteiger partial charge in [-0.1, -0.05) is 0 Å². The molecule has 0 aromatic carbocycles. The summed E-state index contributed by atoms with van der Waals surface area (Å²) < 4.78 is 0.